The highest BCUT2D eigenvalue weighted by atomic mass is 19.1. The lowest BCUT2D eigenvalue weighted by atomic mass is 9.83. The van der Waals surface area contributed by atoms with Gasteiger partial charge in [0.05, 0.1) is 12.2 Å². The van der Waals surface area contributed by atoms with Crippen LogP contribution in [0.1, 0.15) is 75.1 Å². The maximum Gasteiger partial charge on any atom is 0.259 e. The van der Waals surface area contributed by atoms with Gasteiger partial charge in [-0.3, -0.25) is 14.5 Å². The molecular formula is C23H31FN2O3. The van der Waals surface area contributed by atoms with Gasteiger partial charge in [0.1, 0.15) is 17.6 Å². The summed E-state index contributed by atoms with van der Waals surface area (Å²) in [5, 5.41) is 3.14. The van der Waals surface area contributed by atoms with Crippen LogP contribution < -0.4 is 5.32 Å². The minimum absolute atomic E-state index is 0.00598. The lowest BCUT2D eigenvalue weighted by Gasteiger charge is -2.43. The summed E-state index contributed by atoms with van der Waals surface area (Å²) in [5.74, 6) is -0.615. The first-order valence-electron chi connectivity index (χ1n) is 11.0. The van der Waals surface area contributed by atoms with Gasteiger partial charge in [-0.2, -0.15) is 0 Å². The standard InChI is InChI=1S/C23H31FN2O3/c1-16-11-13-23(14-12-16)26(22(28)18-9-5-6-10-19(18)24)20(15-29-23)21(27)25-17-7-3-2-4-8-17/h5-6,9-10,16-17,20H,2-4,7-8,11-15H2,1H3,(H,25,27)/t16?,20-,23?/m1/s1. The van der Waals surface area contributed by atoms with Gasteiger partial charge in [0, 0.05) is 6.04 Å². The summed E-state index contributed by atoms with van der Waals surface area (Å²) in [7, 11) is 0. The summed E-state index contributed by atoms with van der Waals surface area (Å²) < 4.78 is 20.6. The first-order valence-corrected chi connectivity index (χ1v) is 11.0. The summed E-state index contributed by atoms with van der Waals surface area (Å²) in [6, 6.07) is 5.45. The van der Waals surface area contributed by atoms with Crippen molar-refractivity contribution in [3.63, 3.8) is 0 Å². The maximum atomic E-state index is 14.4. The van der Waals surface area contributed by atoms with Crippen molar-refractivity contribution in [3.05, 3.63) is 35.6 Å². The van der Waals surface area contributed by atoms with Gasteiger partial charge in [-0.25, -0.2) is 4.39 Å². The molecule has 6 heteroatoms. The van der Waals surface area contributed by atoms with Crippen LogP contribution in [0, 0.1) is 11.7 Å². The number of carbonyl (C=O) groups is 2. The Bertz CT molecular complexity index is 754. The molecule has 0 bridgehead atoms. The Balaban J connectivity index is 1.60. The van der Waals surface area contributed by atoms with Crippen molar-refractivity contribution in [3.8, 4) is 0 Å². The molecule has 2 aliphatic carbocycles. The number of hydrogen-bond donors (Lipinski definition) is 1. The minimum Gasteiger partial charge on any atom is -0.353 e. The highest BCUT2D eigenvalue weighted by Gasteiger charge is 2.54. The van der Waals surface area contributed by atoms with Crippen molar-refractivity contribution in [1.29, 1.82) is 0 Å². The number of nitrogens with zero attached hydrogens (tertiary/aromatic N) is 1. The quantitative estimate of drug-likeness (QED) is 0.831. The SMILES string of the molecule is CC1CCC2(CC1)OC[C@H](C(=O)NC1CCCCC1)N2C(=O)c1ccccc1F. The fourth-order valence-corrected chi connectivity index (χ4v) is 5.09. The van der Waals surface area contributed by atoms with Gasteiger partial charge in [0.2, 0.25) is 5.91 Å². The predicted octanol–water partition coefficient (Wildman–Crippen LogP) is 4.02. The number of nitrogens with one attached hydrogen (secondary N) is 1. The van der Waals surface area contributed by atoms with E-state index in [4.69, 9.17) is 4.74 Å². The molecule has 1 aromatic rings. The third-order valence-electron chi connectivity index (χ3n) is 6.89. The Morgan fingerprint density at radius 1 is 1.10 bits per heavy atom. The second-order valence-electron chi connectivity index (χ2n) is 8.95. The van der Waals surface area contributed by atoms with E-state index in [1.54, 1.807) is 17.0 Å². The maximum absolute atomic E-state index is 14.4. The average molecular weight is 403 g/mol. The highest BCUT2D eigenvalue weighted by molar-refractivity contribution is 5.98. The number of carbonyl (C=O) groups excluding carboxylic acids is 2. The van der Waals surface area contributed by atoms with E-state index in [1.165, 1.54) is 18.6 Å². The van der Waals surface area contributed by atoms with Crippen molar-refractivity contribution >= 4 is 11.8 Å². The van der Waals surface area contributed by atoms with Crippen molar-refractivity contribution in [1.82, 2.24) is 10.2 Å². The normalized spacial score (nSPS) is 30.5. The molecule has 3 fully saturated rings. The van der Waals surface area contributed by atoms with E-state index < -0.39 is 23.5 Å². The molecule has 4 rings (SSSR count). The highest BCUT2D eigenvalue weighted by Crippen LogP contribution is 2.43. The van der Waals surface area contributed by atoms with Crippen LogP contribution in [0.5, 0.6) is 0 Å². The average Bonchev–Trinajstić information content (AvgIpc) is 3.10. The third-order valence-corrected chi connectivity index (χ3v) is 6.89. The van der Waals surface area contributed by atoms with E-state index in [0.717, 1.165) is 38.5 Å². The summed E-state index contributed by atoms with van der Waals surface area (Å²) >= 11 is 0. The molecule has 1 heterocycles. The number of halogens is 1. The molecule has 1 aliphatic heterocycles. The van der Waals surface area contributed by atoms with Crippen LogP contribution in [0.3, 0.4) is 0 Å². The number of hydrogen-bond acceptors (Lipinski definition) is 3. The van der Waals surface area contributed by atoms with E-state index in [9.17, 15) is 14.0 Å². The van der Waals surface area contributed by atoms with Crippen LogP contribution in [-0.4, -0.2) is 41.1 Å². The zero-order valence-electron chi connectivity index (χ0n) is 17.2. The van der Waals surface area contributed by atoms with Crippen LogP contribution in [0.25, 0.3) is 0 Å². The number of benzene rings is 1. The monoisotopic (exact) mass is 402 g/mol. The van der Waals surface area contributed by atoms with Crippen molar-refractivity contribution in [2.24, 2.45) is 5.92 Å². The molecule has 0 aromatic heterocycles. The Morgan fingerprint density at radius 2 is 1.79 bits per heavy atom. The van der Waals surface area contributed by atoms with Gasteiger partial charge in [-0.15, -0.1) is 0 Å². The summed E-state index contributed by atoms with van der Waals surface area (Å²) in [6.45, 7) is 2.37. The van der Waals surface area contributed by atoms with E-state index in [1.807, 2.05) is 0 Å². The lowest BCUT2D eigenvalue weighted by Crippen LogP contribution is -2.57. The van der Waals surface area contributed by atoms with Gasteiger partial charge in [-0.1, -0.05) is 38.3 Å². The zero-order chi connectivity index (χ0) is 20.4. The molecule has 29 heavy (non-hydrogen) atoms. The molecule has 1 N–H and O–H groups in total. The molecule has 1 atom stereocenters. The van der Waals surface area contributed by atoms with Gasteiger partial charge in [0.15, 0.2) is 0 Å². The Hall–Kier alpha value is -1.95. The van der Waals surface area contributed by atoms with Crippen molar-refractivity contribution in [2.45, 2.75) is 82.5 Å². The number of rotatable bonds is 3. The molecule has 1 spiro atoms. The second-order valence-corrected chi connectivity index (χ2v) is 8.95. The molecule has 5 nitrogen and oxygen atoms in total. The second kappa shape index (κ2) is 8.42. The van der Waals surface area contributed by atoms with Crippen LogP contribution in [-0.2, 0) is 9.53 Å². The van der Waals surface area contributed by atoms with E-state index in [0.29, 0.717) is 18.8 Å². The van der Waals surface area contributed by atoms with Gasteiger partial charge < -0.3 is 10.1 Å². The van der Waals surface area contributed by atoms with Crippen LogP contribution >= 0.6 is 0 Å². The van der Waals surface area contributed by atoms with Gasteiger partial charge in [0.25, 0.3) is 5.91 Å². The topological polar surface area (TPSA) is 58.6 Å². The lowest BCUT2D eigenvalue weighted by molar-refractivity contribution is -0.128. The molecular weight excluding hydrogens is 371 g/mol. The number of amides is 2. The largest absolute Gasteiger partial charge is 0.353 e. The van der Waals surface area contributed by atoms with Crippen LogP contribution in [0.15, 0.2) is 24.3 Å². The summed E-state index contributed by atoms with van der Waals surface area (Å²) in [5.41, 5.74) is -0.799. The molecule has 2 saturated carbocycles. The van der Waals surface area contributed by atoms with Crippen LogP contribution in [0.4, 0.5) is 4.39 Å². The van der Waals surface area contributed by atoms with Gasteiger partial charge >= 0.3 is 0 Å². The van der Waals surface area contributed by atoms with E-state index in [-0.39, 0.29) is 24.1 Å². The first-order chi connectivity index (χ1) is 14.0. The molecule has 1 saturated heterocycles. The first kappa shape index (κ1) is 20.3. The molecule has 0 unspecified atom stereocenters. The minimum atomic E-state index is -0.805. The third kappa shape index (κ3) is 4.04. The Labute approximate surface area is 172 Å². The van der Waals surface area contributed by atoms with Crippen molar-refractivity contribution in [2.75, 3.05) is 6.61 Å². The molecule has 3 aliphatic rings. The van der Waals surface area contributed by atoms with Crippen molar-refractivity contribution < 1.29 is 18.7 Å². The smallest absolute Gasteiger partial charge is 0.259 e. The zero-order valence-corrected chi connectivity index (χ0v) is 17.2. The molecule has 158 valence electrons. The fourth-order valence-electron chi connectivity index (χ4n) is 5.09. The molecule has 0 radical (unpaired) electrons. The molecule has 1 aromatic carbocycles. The Kier molecular flexibility index (Phi) is 5.91. The van der Waals surface area contributed by atoms with Gasteiger partial charge in [-0.05, 0) is 56.6 Å². The van der Waals surface area contributed by atoms with E-state index >= 15 is 0 Å². The summed E-state index contributed by atoms with van der Waals surface area (Å²) in [4.78, 5) is 28.2. The van der Waals surface area contributed by atoms with E-state index in [2.05, 4.69) is 12.2 Å². The predicted molar refractivity (Wildman–Crippen MR) is 108 cm³/mol. The fraction of sp³-hybridized carbons (Fsp3) is 0.652. The Morgan fingerprint density at radius 3 is 2.48 bits per heavy atom. The number of ether oxygens (including phenoxy) is 1. The van der Waals surface area contributed by atoms with Crippen LogP contribution in [0.2, 0.25) is 0 Å². The summed E-state index contributed by atoms with van der Waals surface area (Å²) in [6.07, 6.45) is 8.61. The molecule has 2 amide bonds.